The van der Waals surface area contributed by atoms with E-state index >= 15 is 0 Å². The SMILES string of the molecule is OC([CH-]S)C1CCCN1.[Gd]. The number of hydrogen-bond donors (Lipinski definition) is 3. The van der Waals surface area contributed by atoms with E-state index in [-0.39, 0.29) is 52.1 Å². The van der Waals surface area contributed by atoms with Crippen molar-refractivity contribution < 1.29 is 45.0 Å². The number of hydrogen-bond acceptors (Lipinski definition) is 3. The van der Waals surface area contributed by atoms with Crippen LogP contribution in [-0.4, -0.2) is 23.8 Å². The number of thiol groups is 1. The van der Waals surface area contributed by atoms with Crippen LogP contribution in [0.4, 0.5) is 0 Å². The van der Waals surface area contributed by atoms with Crippen LogP contribution in [0.2, 0.25) is 0 Å². The van der Waals surface area contributed by atoms with Gasteiger partial charge in [0.15, 0.2) is 0 Å². The van der Waals surface area contributed by atoms with Gasteiger partial charge >= 0.3 is 0 Å². The van der Waals surface area contributed by atoms with E-state index in [1.165, 1.54) is 12.2 Å². The summed E-state index contributed by atoms with van der Waals surface area (Å²) < 4.78 is 0. The average molecular weight is 303 g/mol. The Labute approximate surface area is 99.2 Å². The smallest absolute Gasteiger partial charge is 0.00538 e. The van der Waals surface area contributed by atoms with E-state index in [0.717, 1.165) is 13.0 Å². The zero-order chi connectivity index (χ0) is 6.69. The molecule has 0 aliphatic carbocycles. The van der Waals surface area contributed by atoms with Crippen molar-refractivity contribution in [2.24, 2.45) is 0 Å². The van der Waals surface area contributed by atoms with Crippen molar-refractivity contribution in [1.29, 1.82) is 0 Å². The van der Waals surface area contributed by atoms with Gasteiger partial charge in [0.2, 0.25) is 0 Å². The molecule has 0 amide bonds. The molecule has 1 heterocycles. The van der Waals surface area contributed by atoms with Gasteiger partial charge in [-0.25, -0.2) is 5.75 Å². The molecule has 1 fully saturated rings. The summed E-state index contributed by atoms with van der Waals surface area (Å²) in [5.41, 5.74) is 0. The van der Waals surface area contributed by atoms with Crippen molar-refractivity contribution in [2.75, 3.05) is 6.54 Å². The maximum atomic E-state index is 9.16. The molecule has 2 unspecified atom stereocenters. The van der Waals surface area contributed by atoms with Crippen molar-refractivity contribution in [2.45, 2.75) is 25.0 Å². The molecule has 1 rings (SSSR count). The maximum Gasteiger partial charge on any atom is 0.00538 e. The molecule has 1 saturated heterocycles. The third-order valence-electron chi connectivity index (χ3n) is 1.66. The second kappa shape index (κ2) is 6.15. The fraction of sp³-hybridized carbons (Fsp3) is 0.833. The van der Waals surface area contributed by atoms with Crippen molar-refractivity contribution in [1.82, 2.24) is 5.32 Å². The van der Waals surface area contributed by atoms with E-state index < -0.39 is 0 Å². The Bertz CT molecular complexity index is 87.8. The van der Waals surface area contributed by atoms with Crippen molar-refractivity contribution >= 4 is 12.6 Å². The van der Waals surface area contributed by atoms with E-state index in [9.17, 15) is 0 Å². The Morgan fingerprint density at radius 3 is 2.80 bits per heavy atom. The molecule has 2 atom stereocenters. The summed E-state index contributed by atoms with van der Waals surface area (Å²) in [5.74, 6) is 1.53. The van der Waals surface area contributed by atoms with Gasteiger partial charge in [0.1, 0.15) is 0 Å². The summed E-state index contributed by atoms with van der Waals surface area (Å²) in [6, 6.07) is 0.252. The van der Waals surface area contributed by atoms with Gasteiger partial charge < -0.3 is 23.1 Å². The van der Waals surface area contributed by atoms with Gasteiger partial charge in [0.05, 0.1) is 0 Å². The van der Waals surface area contributed by atoms with Crippen LogP contribution in [0.3, 0.4) is 0 Å². The fourth-order valence-corrected chi connectivity index (χ4v) is 1.31. The molecule has 1 aliphatic rings. The zero-order valence-electron chi connectivity index (χ0n) is 5.60. The van der Waals surface area contributed by atoms with Gasteiger partial charge in [0.25, 0.3) is 0 Å². The molecule has 0 spiro atoms. The molecule has 0 bridgehead atoms. The minimum atomic E-state index is -0.379. The van der Waals surface area contributed by atoms with Crippen LogP contribution in [0.15, 0.2) is 0 Å². The normalized spacial score (nSPS) is 27.6. The van der Waals surface area contributed by atoms with Crippen LogP contribution in [0.5, 0.6) is 0 Å². The van der Waals surface area contributed by atoms with Crippen LogP contribution < -0.4 is 5.32 Å². The molecule has 2 nitrogen and oxygen atoms in total. The number of rotatable bonds is 2. The Kier molecular flexibility index (Phi) is 7.13. The van der Waals surface area contributed by atoms with Crippen molar-refractivity contribution in [3.8, 4) is 0 Å². The molecule has 1 aliphatic heterocycles. The first kappa shape index (κ1) is 11.6. The van der Waals surface area contributed by atoms with Gasteiger partial charge in [-0.15, -0.1) is 0 Å². The second-order valence-electron chi connectivity index (χ2n) is 2.34. The van der Waals surface area contributed by atoms with Crippen LogP contribution >= 0.6 is 12.6 Å². The Balaban J connectivity index is 0.000000810. The molecular weight excluding hydrogens is 291 g/mol. The summed E-state index contributed by atoms with van der Waals surface area (Å²) in [5, 5.41) is 12.3. The molecule has 4 heteroatoms. The van der Waals surface area contributed by atoms with Gasteiger partial charge in [-0.2, -0.15) is 0 Å². The summed E-state index contributed by atoms with van der Waals surface area (Å²) in [7, 11) is 0. The number of nitrogens with one attached hydrogen (secondary N) is 1. The van der Waals surface area contributed by atoms with Gasteiger partial charge in [0, 0.05) is 46.0 Å². The van der Waals surface area contributed by atoms with Crippen LogP contribution in [0, 0.1) is 45.7 Å². The predicted octanol–water partition coefficient (Wildman–Crippen LogP) is 0.191. The Morgan fingerprint density at radius 2 is 2.40 bits per heavy atom. The largest absolute Gasteiger partial charge is 0.423 e. The summed E-state index contributed by atoms with van der Waals surface area (Å²) >= 11 is 3.88. The Morgan fingerprint density at radius 1 is 1.70 bits per heavy atom. The van der Waals surface area contributed by atoms with Crippen molar-refractivity contribution in [3.05, 3.63) is 5.75 Å². The van der Waals surface area contributed by atoms with Crippen LogP contribution in [0.25, 0.3) is 0 Å². The van der Waals surface area contributed by atoms with E-state index in [2.05, 4.69) is 17.9 Å². The van der Waals surface area contributed by atoms with Crippen molar-refractivity contribution in [3.63, 3.8) is 0 Å². The van der Waals surface area contributed by atoms with E-state index in [1.54, 1.807) is 0 Å². The van der Waals surface area contributed by atoms with Gasteiger partial charge in [-0.3, -0.25) is 0 Å². The molecule has 62 valence electrons. The minimum Gasteiger partial charge on any atom is -0.423 e. The standard InChI is InChI=1S/C6H12NOS.Gd/c8-6(4-9)5-2-1-3-7-5;/h4-9H,1-3H2;/q-1;. The number of aliphatic hydroxyl groups is 1. The molecule has 0 aromatic rings. The monoisotopic (exact) mass is 304 g/mol. The first-order chi connectivity index (χ1) is 4.34. The quantitative estimate of drug-likeness (QED) is 0.503. The number of aliphatic hydroxyl groups excluding tert-OH is 1. The Hall–Kier alpha value is 1.59. The van der Waals surface area contributed by atoms with Gasteiger partial charge in [-0.1, -0.05) is 0 Å². The van der Waals surface area contributed by atoms with Gasteiger partial charge in [-0.05, 0) is 25.5 Å². The molecular formula is C6H12GdNOS-. The van der Waals surface area contributed by atoms with Crippen LogP contribution in [-0.2, 0) is 0 Å². The molecule has 10 heavy (non-hydrogen) atoms. The average Bonchev–Trinajstić information content (AvgIpc) is 2.37. The second-order valence-corrected chi connectivity index (χ2v) is 2.64. The first-order valence-corrected chi connectivity index (χ1v) is 3.75. The van der Waals surface area contributed by atoms with E-state index in [4.69, 9.17) is 5.11 Å². The summed E-state index contributed by atoms with van der Waals surface area (Å²) in [4.78, 5) is 0. The minimum absolute atomic E-state index is 0. The molecule has 0 aromatic carbocycles. The fourth-order valence-electron chi connectivity index (χ4n) is 1.11. The molecule has 0 aromatic heterocycles. The predicted molar refractivity (Wildman–Crippen MR) is 40.3 cm³/mol. The third-order valence-corrected chi connectivity index (χ3v) is 1.97. The summed E-state index contributed by atoms with van der Waals surface area (Å²) in [6.07, 6.45) is 1.86. The first-order valence-electron chi connectivity index (χ1n) is 3.23. The van der Waals surface area contributed by atoms with E-state index in [1.807, 2.05) is 0 Å². The maximum absolute atomic E-state index is 9.16. The summed E-state index contributed by atoms with van der Waals surface area (Å²) in [6.45, 7) is 1.03. The molecule has 0 saturated carbocycles. The van der Waals surface area contributed by atoms with Crippen LogP contribution in [0.1, 0.15) is 12.8 Å². The van der Waals surface area contributed by atoms with E-state index in [0.29, 0.717) is 0 Å². The topological polar surface area (TPSA) is 32.3 Å². The molecule has 0 radical (unpaired) electrons. The molecule has 2 N–H and O–H groups in total. The zero-order valence-corrected chi connectivity index (χ0v) is 8.76. The third kappa shape index (κ3) is 3.33.